The zero-order valence-corrected chi connectivity index (χ0v) is 13.1. The van der Waals surface area contributed by atoms with E-state index in [4.69, 9.17) is 21.1 Å². The third-order valence-electron chi connectivity index (χ3n) is 3.60. The Morgan fingerprint density at radius 1 is 1.13 bits per heavy atom. The minimum atomic E-state index is -0.455. The van der Waals surface area contributed by atoms with Crippen LogP contribution in [0.2, 0.25) is 5.02 Å². The second kappa shape index (κ2) is 7.25. The van der Waals surface area contributed by atoms with Crippen LogP contribution in [0, 0.1) is 11.6 Å². The van der Waals surface area contributed by atoms with Gasteiger partial charge in [-0.3, -0.25) is 0 Å². The summed E-state index contributed by atoms with van der Waals surface area (Å²) in [4.78, 5) is 0. The van der Waals surface area contributed by atoms with Crippen LogP contribution in [0.15, 0.2) is 36.4 Å². The quantitative estimate of drug-likeness (QED) is 0.915. The molecule has 1 fully saturated rings. The molecule has 122 valence electrons. The summed E-state index contributed by atoms with van der Waals surface area (Å²) >= 11 is 5.97. The summed E-state index contributed by atoms with van der Waals surface area (Å²) in [6, 6.07) is 8.17. The Labute approximate surface area is 138 Å². The first-order chi connectivity index (χ1) is 11.1. The SMILES string of the molecule is Fc1ccc(Oc2cc(F)ccc2C[C@H]2CNCCO2)c(Cl)c1. The van der Waals surface area contributed by atoms with E-state index in [1.54, 1.807) is 6.07 Å². The van der Waals surface area contributed by atoms with Crippen molar-refractivity contribution < 1.29 is 18.3 Å². The molecule has 0 saturated carbocycles. The van der Waals surface area contributed by atoms with Gasteiger partial charge in [-0.1, -0.05) is 17.7 Å². The van der Waals surface area contributed by atoms with Crippen LogP contribution in [-0.2, 0) is 11.2 Å². The van der Waals surface area contributed by atoms with E-state index in [0.717, 1.165) is 24.7 Å². The van der Waals surface area contributed by atoms with Gasteiger partial charge in [0.25, 0.3) is 0 Å². The van der Waals surface area contributed by atoms with E-state index in [9.17, 15) is 8.78 Å². The van der Waals surface area contributed by atoms with Crippen LogP contribution in [0.3, 0.4) is 0 Å². The Kier molecular flexibility index (Phi) is 5.10. The first kappa shape index (κ1) is 16.2. The molecule has 23 heavy (non-hydrogen) atoms. The molecule has 0 unspecified atom stereocenters. The fourth-order valence-electron chi connectivity index (χ4n) is 2.46. The predicted molar refractivity (Wildman–Crippen MR) is 84.2 cm³/mol. The van der Waals surface area contributed by atoms with Crippen molar-refractivity contribution in [1.82, 2.24) is 5.32 Å². The summed E-state index contributed by atoms with van der Waals surface area (Å²) in [6.45, 7) is 2.20. The van der Waals surface area contributed by atoms with E-state index < -0.39 is 11.6 Å². The number of ether oxygens (including phenoxy) is 2. The van der Waals surface area contributed by atoms with E-state index in [1.807, 2.05) is 0 Å². The smallest absolute Gasteiger partial charge is 0.146 e. The molecule has 0 spiro atoms. The minimum Gasteiger partial charge on any atom is -0.455 e. The van der Waals surface area contributed by atoms with Crippen molar-refractivity contribution >= 4 is 11.6 Å². The van der Waals surface area contributed by atoms with Crippen LogP contribution >= 0.6 is 11.6 Å². The van der Waals surface area contributed by atoms with Gasteiger partial charge < -0.3 is 14.8 Å². The molecule has 2 aromatic carbocycles. The first-order valence-electron chi connectivity index (χ1n) is 7.35. The van der Waals surface area contributed by atoms with E-state index in [0.29, 0.717) is 18.8 Å². The molecule has 0 aromatic heterocycles. The monoisotopic (exact) mass is 339 g/mol. The zero-order valence-electron chi connectivity index (χ0n) is 12.3. The van der Waals surface area contributed by atoms with Gasteiger partial charge in [-0.15, -0.1) is 0 Å². The molecule has 1 atom stereocenters. The fraction of sp³-hybridized carbons (Fsp3) is 0.294. The lowest BCUT2D eigenvalue weighted by Gasteiger charge is -2.24. The van der Waals surface area contributed by atoms with Gasteiger partial charge in [0, 0.05) is 25.6 Å². The third kappa shape index (κ3) is 4.19. The number of hydrogen-bond acceptors (Lipinski definition) is 3. The van der Waals surface area contributed by atoms with Crippen molar-refractivity contribution in [3.63, 3.8) is 0 Å². The molecule has 3 rings (SSSR count). The van der Waals surface area contributed by atoms with Crippen molar-refractivity contribution in [3.05, 3.63) is 58.6 Å². The molecule has 0 aliphatic carbocycles. The average Bonchev–Trinajstić information content (AvgIpc) is 2.54. The molecule has 2 aromatic rings. The minimum absolute atomic E-state index is 0.000232. The predicted octanol–water partition coefficient (Wildman–Crippen LogP) is 3.94. The number of benzene rings is 2. The molecule has 6 heteroatoms. The molecule has 1 aliphatic heterocycles. The molecule has 1 N–H and O–H groups in total. The Balaban J connectivity index is 1.83. The highest BCUT2D eigenvalue weighted by Gasteiger charge is 2.17. The second-order valence-corrected chi connectivity index (χ2v) is 5.74. The van der Waals surface area contributed by atoms with Gasteiger partial charge in [-0.25, -0.2) is 8.78 Å². The lowest BCUT2D eigenvalue weighted by molar-refractivity contribution is 0.0289. The summed E-state index contributed by atoms with van der Waals surface area (Å²) in [5.41, 5.74) is 0.806. The van der Waals surface area contributed by atoms with E-state index in [-0.39, 0.29) is 16.9 Å². The maximum absolute atomic E-state index is 13.6. The number of nitrogens with one attached hydrogen (secondary N) is 1. The summed E-state index contributed by atoms with van der Waals surface area (Å²) in [5, 5.41) is 3.38. The summed E-state index contributed by atoms with van der Waals surface area (Å²) in [6.07, 6.45) is 0.585. The largest absolute Gasteiger partial charge is 0.455 e. The highest BCUT2D eigenvalue weighted by atomic mass is 35.5. The fourth-order valence-corrected chi connectivity index (χ4v) is 2.67. The number of halogens is 3. The van der Waals surface area contributed by atoms with Crippen LogP contribution in [-0.4, -0.2) is 25.8 Å². The second-order valence-electron chi connectivity index (χ2n) is 5.33. The summed E-state index contributed by atoms with van der Waals surface area (Å²) < 4.78 is 38.1. The molecular weight excluding hydrogens is 324 g/mol. The van der Waals surface area contributed by atoms with Crippen LogP contribution in [0.4, 0.5) is 8.78 Å². The zero-order chi connectivity index (χ0) is 16.2. The van der Waals surface area contributed by atoms with Gasteiger partial charge >= 0.3 is 0 Å². The highest BCUT2D eigenvalue weighted by molar-refractivity contribution is 6.32. The molecule has 3 nitrogen and oxygen atoms in total. The van der Waals surface area contributed by atoms with E-state index in [2.05, 4.69) is 5.32 Å². The lowest BCUT2D eigenvalue weighted by atomic mass is 10.1. The summed E-state index contributed by atoms with van der Waals surface area (Å²) in [5.74, 6) is -0.233. The van der Waals surface area contributed by atoms with Crippen molar-refractivity contribution in [2.24, 2.45) is 0 Å². The van der Waals surface area contributed by atoms with Gasteiger partial charge in [-0.2, -0.15) is 0 Å². The normalized spacial score (nSPS) is 18.0. The van der Waals surface area contributed by atoms with Gasteiger partial charge in [0.1, 0.15) is 23.1 Å². The topological polar surface area (TPSA) is 30.5 Å². The average molecular weight is 340 g/mol. The number of hydrogen-bond donors (Lipinski definition) is 1. The Bertz CT molecular complexity index is 690. The molecule has 0 amide bonds. The molecule has 1 saturated heterocycles. The van der Waals surface area contributed by atoms with Gasteiger partial charge in [0.15, 0.2) is 0 Å². The Morgan fingerprint density at radius 2 is 1.91 bits per heavy atom. The van der Waals surface area contributed by atoms with Crippen molar-refractivity contribution in [2.45, 2.75) is 12.5 Å². The maximum atomic E-state index is 13.6. The van der Waals surface area contributed by atoms with Gasteiger partial charge in [0.2, 0.25) is 0 Å². The molecule has 0 bridgehead atoms. The van der Waals surface area contributed by atoms with Crippen molar-refractivity contribution in [1.29, 1.82) is 0 Å². The first-order valence-corrected chi connectivity index (χ1v) is 7.73. The maximum Gasteiger partial charge on any atom is 0.146 e. The Morgan fingerprint density at radius 3 is 2.65 bits per heavy atom. The Hall–Kier alpha value is -1.69. The summed E-state index contributed by atoms with van der Waals surface area (Å²) in [7, 11) is 0. The van der Waals surface area contributed by atoms with Crippen molar-refractivity contribution in [2.75, 3.05) is 19.7 Å². The number of morpholine rings is 1. The highest BCUT2D eigenvalue weighted by Crippen LogP contribution is 2.33. The molecule has 0 radical (unpaired) electrons. The van der Waals surface area contributed by atoms with Crippen LogP contribution in [0.25, 0.3) is 0 Å². The number of rotatable bonds is 4. The molecule has 1 aliphatic rings. The molecule has 1 heterocycles. The van der Waals surface area contributed by atoms with Crippen LogP contribution < -0.4 is 10.1 Å². The third-order valence-corrected chi connectivity index (χ3v) is 3.89. The van der Waals surface area contributed by atoms with E-state index in [1.165, 1.54) is 24.3 Å². The van der Waals surface area contributed by atoms with Crippen LogP contribution in [0.1, 0.15) is 5.56 Å². The van der Waals surface area contributed by atoms with Crippen molar-refractivity contribution in [3.8, 4) is 11.5 Å². The van der Waals surface area contributed by atoms with Gasteiger partial charge in [0.05, 0.1) is 17.7 Å². The van der Waals surface area contributed by atoms with Crippen LogP contribution in [0.5, 0.6) is 11.5 Å². The van der Waals surface area contributed by atoms with E-state index >= 15 is 0 Å². The lowest BCUT2D eigenvalue weighted by Crippen LogP contribution is -2.39. The van der Waals surface area contributed by atoms with Gasteiger partial charge in [-0.05, 0) is 29.8 Å². The molecular formula is C17H16ClF2NO2. The standard InChI is InChI=1S/C17H16ClF2NO2/c18-15-8-12(19)3-4-16(15)23-17-9-13(20)2-1-11(17)7-14-10-21-5-6-22-14/h1-4,8-9,14,21H,5-7,10H2/t14-/m0/s1.